The third-order valence-electron chi connectivity index (χ3n) is 3.76. The van der Waals surface area contributed by atoms with Gasteiger partial charge in [-0.1, -0.05) is 0 Å². The van der Waals surface area contributed by atoms with Crippen LogP contribution in [-0.4, -0.2) is 31.2 Å². The van der Waals surface area contributed by atoms with E-state index in [0.717, 1.165) is 32.5 Å². The number of Topliss-reactive ketones (excluding diaryl/α,β-unsaturated/α-hetero) is 1. The summed E-state index contributed by atoms with van der Waals surface area (Å²) in [6, 6.07) is 0. The van der Waals surface area contributed by atoms with Gasteiger partial charge in [0.1, 0.15) is 5.78 Å². The van der Waals surface area contributed by atoms with Crippen molar-refractivity contribution in [3.63, 3.8) is 0 Å². The molecule has 0 amide bonds. The van der Waals surface area contributed by atoms with Crippen LogP contribution in [0.25, 0.3) is 0 Å². The Kier molecular flexibility index (Phi) is 4.36. The third kappa shape index (κ3) is 3.05. The monoisotopic (exact) mass is 226 g/mol. The fourth-order valence-electron chi connectivity index (χ4n) is 2.72. The maximum Gasteiger partial charge on any atom is 0.138 e. The van der Waals surface area contributed by atoms with E-state index in [1.54, 1.807) is 0 Å². The highest BCUT2D eigenvalue weighted by Gasteiger charge is 2.30. The molecule has 92 valence electrons. The summed E-state index contributed by atoms with van der Waals surface area (Å²) in [7, 11) is 0. The van der Waals surface area contributed by atoms with Crippen molar-refractivity contribution >= 4 is 5.78 Å². The molecule has 2 heterocycles. The molecule has 0 N–H and O–H groups in total. The van der Waals surface area contributed by atoms with Crippen molar-refractivity contribution in [2.75, 3.05) is 13.2 Å². The normalized spacial score (nSPS) is 34.4. The van der Waals surface area contributed by atoms with Crippen LogP contribution in [0.5, 0.6) is 0 Å². The zero-order valence-electron chi connectivity index (χ0n) is 10.1. The maximum absolute atomic E-state index is 11.9. The minimum Gasteiger partial charge on any atom is -0.378 e. The van der Waals surface area contributed by atoms with Gasteiger partial charge in [-0.05, 0) is 39.0 Å². The first-order valence-electron chi connectivity index (χ1n) is 6.53. The molecule has 0 spiro atoms. The van der Waals surface area contributed by atoms with Crippen LogP contribution in [0.4, 0.5) is 0 Å². The number of carbonyl (C=O) groups excluding carboxylic acids is 1. The van der Waals surface area contributed by atoms with Gasteiger partial charge in [-0.15, -0.1) is 0 Å². The molecular formula is C13H22O3. The van der Waals surface area contributed by atoms with Crippen LogP contribution < -0.4 is 0 Å². The van der Waals surface area contributed by atoms with Crippen LogP contribution in [-0.2, 0) is 14.3 Å². The second-order valence-electron chi connectivity index (χ2n) is 4.96. The van der Waals surface area contributed by atoms with Crippen molar-refractivity contribution in [3.8, 4) is 0 Å². The predicted molar refractivity (Wildman–Crippen MR) is 61.4 cm³/mol. The highest BCUT2D eigenvalue weighted by molar-refractivity contribution is 5.81. The molecule has 0 aromatic carbocycles. The van der Waals surface area contributed by atoms with E-state index >= 15 is 0 Å². The van der Waals surface area contributed by atoms with Gasteiger partial charge in [-0.2, -0.15) is 0 Å². The molecule has 0 aliphatic carbocycles. The molecule has 0 aromatic heterocycles. The molecule has 0 radical (unpaired) electrons. The number of rotatable bonds is 5. The number of hydrogen-bond donors (Lipinski definition) is 0. The standard InChI is InChI=1S/C13H22O3/c1-10-12(7-9-15-10)13(14)6-2-4-11-5-3-8-16-11/h10-12H,2-9H2,1H3. The van der Waals surface area contributed by atoms with Gasteiger partial charge in [0, 0.05) is 25.6 Å². The van der Waals surface area contributed by atoms with Crippen LogP contribution in [0.15, 0.2) is 0 Å². The lowest BCUT2D eigenvalue weighted by Gasteiger charge is -2.13. The van der Waals surface area contributed by atoms with E-state index in [2.05, 4.69) is 0 Å². The number of hydrogen-bond acceptors (Lipinski definition) is 3. The molecule has 3 heteroatoms. The summed E-state index contributed by atoms with van der Waals surface area (Å²) in [6.45, 7) is 3.67. The van der Waals surface area contributed by atoms with Crippen LogP contribution in [0.1, 0.15) is 45.4 Å². The Bertz CT molecular complexity index is 233. The number of ether oxygens (including phenoxy) is 2. The van der Waals surface area contributed by atoms with Crippen LogP contribution in [0, 0.1) is 5.92 Å². The smallest absolute Gasteiger partial charge is 0.138 e. The van der Waals surface area contributed by atoms with Gasteiger partial charge >= 0.3 is 0 Å². The second kappa shape index (κ2) is 5.78. The van der Waals surface area contributed by atoms with Crippen molar-refractivity contribution in [3.05, 3.63) is 0 Å². The van der Waals surface area contributed by atoms with Crippen molar-refractivity contribution in [1.29, 1.82) is 0 Å². The molecule has 0 bridgehead atoms. The Labute approximate surface area is 97.5 Å². The van der Waals surface area contributed by atoms with Crippen molar-refractivity contribution in [1.82, 2.24) is 0 Å². The van der Waals surface area contributed by atoms with Gasteiger partial charge in [0.25, 0.3) is 0 Å². The molecule has 2 aliphatic heterocycles. The fourth-order valence-corrected chi connectivity index (χ4v) is 2.72. The van der Waals surface area contributed by atoms with Gasteiger partial charge in [-0.3, -0.25) is 4.79 Å². The average Bonchev–Trinajstić information content (AvgIpc) is 2.88. The first kappa shape index (κ1) is 12.1. The Balaban J connectivity index is 1.63. The molecule has 0 aromatic rings. The maximum atomic E-state index is 11.9. The summed E-state index contributed by atoms with van der Waals surface area (Å²) in [4.78, 5) is 11.9. The van der Waals surface area contributed by atoms with E-state index in [1.165, 1.54) is 12.8 Å². The van der Waals surface area contributed by atoms with Gasteiger partial charge < -0.3 is 9.47 Å². The topological polar surface area (TPSA) is 35.5 Å². The average molecular weight is 226 g/mol. The van der Waals surface area contributed by atoms with E-state index < -0.39 is 0 Å². The van der Waals surface area contributed by atoms with Crippen LogP contribution >= 0.6 is 0 Å². The molecule has 2 aliphatic rings. The van der Waals surface area contributed by atoms with Gasteiger partial charge in [0.15, 0.2) is 0 Å². The Morgan fingerprint density at radius 2 is 2.12 bits per heavy atom. The van der Waals surface area contributed by atoms with Crippen molar-refractivity contribution < 1.29 is 14.3 Å². The highest BCUT2D eigenvalue weighted by Crippen LogP contribution is 2.24. The van der Waals surface area contributed by atoms with E-state index in [-0.39, 0.29) is 12.0 Å². The first-order chi connectivity index (χ1) is 7.77. The number of ketones is 1. The van der Waals surface area contributed by atoms with Gasteiger partial charge in [-0.25, -0.2) is 0 Å². The SMILES string of the molecule is CC1OCCC1C(=O)CCCC1CCCO1. The second-order valence-corrected chi connectivity index (χ2v) is 4.96. The molecule has 0 saturated carbocycles. The Morgan fingerprint density at radius 3 is 2.75 bits per heavy atom. The fraction of sp³-hybridized carbons (Fsp3) is 0.923. The summed E-state index contributed by atoms with van der Waals surface area (Å²) in [5, 5.41) is 0. The summed E-state index contributed by atoms with van der Waals surface area (Å²) >= 11 is 0. The summed E-state index contributed by atoms with van der Waals surface area (Å²) in [6.07, 6.45) is 6.57. The molecule has 2 fully saturated rings. The van der Waals surface area contributed by atoms with Crippen LogP contribution in [0.2, 0.25) is 0 Å². The zero-order valence-corrected chi connectivity index (χ0v) is 10.1. The summed E-state index contributed by atoms with van der Waals surface area (Å²) < 4.78 is 11.0. The zero-order chi connectivity index (χ0) is 11.4. The Morgan fingerprint density at radius 1 is 1.25 bits per heavy atom. The van der Waals surface area contributed by atoms with E-state index in [1.807, 2.05) is 6.92 Å². The third-order valence-corrected chi connectivity index (χ3v) is 3.76. The lowest BCUT2D eigenvalue weighted by molar-refractivity contribution is -0.124. The van der Waals surface area contributed by atoms with Gasteiger partial charge in [0.2, 0.25) is 0 Å². The molecule has 16 heavy (non-hydrogen) atoms. The molecule has 3 atom stereocenters. The van der Waals surface area contributed by atoms with Crippen molar-refractivity contribution in [2.24, 2.45) is 5.92 Å². The van der Waals surface area contributed by atoms with Gasteiger partial charge in [0.05, 0.1) is 12.2 Å². The largest absolute Gasteiger partial charge is 0.378 e. The van der Waals surface area contributed by atoms with Crippen LogP contribution in [0.3, 0.4) is 0 Å². The quantitative estimate of drug-likeness (QED) is 0.721. The summed E-state index contributed by atoms with van der Waals surface area (Å²) in [5.41, 5.74) is 0. The first-order valence-corrected chi connectivity index (χ1v) is 6.53. The molecule has 3 unspecified atom stereocenters. The number of carbonyl (C=O) groups is 1. The van der Waals surface area contributed by atoms with E-state index in [4.69, 9.17) is 9.47 Å². The lowest BCUT2D eigenvalue weighted by Crippen LogP contribution is -2.21. The molecule has 3 nitrogen and oxygen atoms in total. The van der Waals surface area contributed by atoms with E-state index in [9.17, 15) is 4.79 Å². The van der Waals surface area contributed by atoms with Crippen molar-refractivity contribution in [2.45, 2.75) is 57.7 Å². The minimum absolute atomic E-state index is 0.134. The van der Waals surface area contributed by atoms with E-state index in [0.29, 0.717) is 18.3 Å². The molecule has 2 rings (SSSR count). The lowest BCUT2D eigenvalue weighted by atomic mass is 9.93. The molecule has 2 saturated heterocycles. The summed E-state index contributed by atoms with van der Waals surface area (Å²) in [5.74, 6) is 0.549. The minimum atomic E-state index is 0.134. The predicted octanol–water partition coefficient (Wildman–Crippen LogP) is 2.33. The Hall–Kier alpha value is -0.410. The molecular weight excluding hydrogens is 204 g/mol. The highest BCUT2D eigenvalue weighted by atomic mass is 16.5.